The first-order valence-corrected chi connectivity index (χ1v) is 9.72. The summed E-state index contributed by atoms with van der Waals surface area (Å²) in [6.45, 7) is 1.78. The van der Waals surface area contributed by atoms with Crippen molar-refractivity contribution in [2.75, 3.05) is 11.9 Å². The molecule has 0 aliphatic carbocycles. The molecule has 0 spiro atoms. The average molecular weight is 501 g/mol. The van der Waals surface area contributed by atoms with Crippen LogP contribution in [0.25, 0.3) is 0 Å². The quantitative estimate of drug-likeness (QED) is 0.528. The van der Waals surface area contributed by atoms with E-state index in [0.717, 1.165) is 10.1 Å². The van der Waals surface area contributed by atoms with Gasteiger partial charge in [0, 0.05) is 12.6 Å². The predicted molar refractivity (Wildman–Crippen MR) is 108 cm³/mol. The SMILES string of the molecule is C[C@H]1O[C@@H](n2cc(I)c(NC(=O)OCCc3ccccc3)nc2=O)C(O)C1O. The number of hydrogen-bond donors (Lipinski definition) is 3. The van der Waals surface area contributed by atoms with Gasteiger partial charge >= 0.3 is 11.8 Å². The highest BCUT2D eigenvalue weighted by atomic mass is 127. The van der Waals surface area contributed by atoms with Gasteiger partial charge in [0.2, 0.25) is 0 Å². The maximum atomic E-state index is 12.3. The van der Waals surface area contributed by atoms with E-state index in [9.17, 15) is 19.8 Å². The summed E-state index contributed by atoms with van der Waals surface area (Å²) in [7, 11) is 0. The number of halogens is 1. The Labute approximate surface area is 174 Å². The molecule has 150 valence electrons. The summed E-state index contributed by atoms with van der Waals surface area (Å²) < 4.78 is 12.1. The van der Waals surface area contributed by atoms with Crippen LogP contribution in [-0.4, -0.2) is 50.8 Å². The van der Waals surface area contributed by atoms with Crippen molar-refractivity contribution in [2.24, 2.45) is 0 Å². The van der Waals surface area contributed by atoms with Gasteiger partial charge in [-0.15, -0.1) is 0 Å². The molecule has 2 unspecified atom stereocenters. The average Bonchev–Trinajstić information content (AvgIpc) is 2.92. The van der Waals surface area contributed by atoms with E-state index in [2.05, 4.69) is 10.3 Å². The molecule has 0 radical (unpaired) electrons. The normalized spacial score (nSPS) is 24.1. The predicted octanol–water partition coefficient (Wildman–Crippen LogP) is 1.28. The second-order valence-electron chi connectivity index (χ2n) is 6.34. The van der Waals surface area contributed by atoms with Crippen LogP contribution in [0.1, 0.15) is 18.7 Å². The van der Waals surface area contributed by atoms with Gasteiger partial charge in [0.1, 0.15) is 12.2 Å². The molecule has 9 nitrogen and oxygen atoms in total. The fraction of sp³-hybridized carbons (Fsp3) is 0.389. The van der Waals surface area contributed by atoms with Crippen molar-refractivity contribution in [1.29, 1.82) is 0 Å². The van der Waals surface area contributed by atoms with E-state index in [1.807, 2.05) is 52.9 Å². The Bertz CT molecular complexity index is 891. The number of nitrogens with zero attached hydrogens (tertiary/aromatic N) is 2. The molecule has 0 bridgehead atoms. The molecule has 1 aliphatic rings. The number of nitrogens with one attached hydrogen (secondary N) is 1. The molecule has 10 heteroatoms. The van der Waals surface area contributed by atoms with Gasteiger partial charge < -0.3 is 19.7 Å². The monoisotopic (exact) mass is 501 g/mol. The first kappa shape index (κ1) is 20.7. The van der Waals surface area contributed by atoms with E-state index < -0.39 is 36.3 Å². The highest BCUT2D eigenvalue weighted by molar-refractivity contribution is 14.1. The maximum absolute atomic E-state index is 12.3. The molecule has 3 N–H and O–H groups in total. The van der Waals surface area contributed by atoms with Crippen molar-refractivity contribution in [2.45, 2.75) is 37.9 Å². The van der Waals surface area contributed by atoms with E-state index in [-0.39, 0.29) is 12.4 Å². The molecular formula is C18H20IN3O6. The molecule has 1 aromatic heterocycles. The number of hydrogen-bond acceptors (Lipinski definition) is 7. The molecule has 1 aromatic carbocycles. The maximum Gasteiger partial charge on any atom is 0.412 e. The van der Waals surface area contributed by atoms with E-state index >= 15 is 0 Å². The number of anilines is 1. The number of benzene rings is 1. The van der Waals surface area contributed by atoms with Crippen molar-refractivity contribution in [3.63, 3.8) is 0 Å². The van der Waals surface area contributed by atoms with Gasteiger partial charge in [-0.25, -0.2) is 9.59 Å². The van der Waals surface area contributed by atoms with Crippen LogP contribution in [0.5, 0.6) is 0 Å². The molecule has 1 fully saturated rings. The van der Waals surface area contributed by atoms with Gasteiger partial charge in [0.05, 0.1) is 16.3 Å². The van der Waals surface area contributed by atoms with Crippen LogP contribution in [0.3, 0.4) is 0 Å². The smallest absolute Gasteiger partial charge is 0.412 e. The standard InChI is InChI=1S/C18H20IN3O6/c1-10-13(23)14(24)16(28-10)22-9-12(19)15(20-17(22)25)21-18(26)27-8-7-11-5-3-2-4-6-11/h2-6,9-10,13-14,16,23-24H,7-8H2,1H3,(H,20,21,25,26)/t10-,13?,14?,16-/m1/s1. The van der Waals surface area contributed by atoms with Gasteiger partial charge in [-0.3, -0.25) is 9.88 Å². The summed E-state index contributed by atoms with van der Waals surface area (Å²) in [5.74, 6) is 0.0487. The van der Waals surface area contributed by atoms with Gasteiger partial charge in [0.25, 0.3) is 0 Å². The Hall–Kier alpha value is -2.02. The zero-order valence-corrected chi connectivity index (χ0v) is 17.1. The number of aliphatic hydroxyl groups is 2. The minimum Gasteiger partial charge on any atom is -0.449 e. The number of carbonyl (C=O) groups is 1. The third-order valence-electron chi connectivity index (χ3n) is 4.35. The summed E-state index contributed by atoms with van der Waals surface area (Å²) in [6.07, 6.45) is -2.79. The fourth-order valence-electron chi connectivity index (χ4n) is 2.81. The highest BCUT2D eigenvalue weighted by Crippen LogP contribution is 2.28. The molecule has 1 saturated heterocycles. The van der Waals surface area contributed by atoms with Crippen molar-refractivity contribution in [3.05, 3.63) is 56.1 Å². The molecule has 28 heavy (non-hydrogen) atoms. The summed E-state index contributed by atoms with van der Waals surface area (Å²) in [6, 6.07) is 9.58. The van der Waals surface area contributed by atoms with Crippen LogP contribution in [0, 0.1) is 3.57 Å². The Kier molecular flexibility index (Phi) is 6.65. The lowest BCUT2D eigenvalue weighted by Gasteiger charge is -2.18. The Morgan fingerprint density at radius 2 is 2.04 bits per heavy atom. The second-order valence-corrected chi connectivity index (χ2v) is 7.50. The number of amides is 1. The van der Waals surface area contributed by atoms with Crippen LogP contribution in [0.4, 0.5) is 10.6 Å². The molecule has 4 atom stereocenters. The first-order chi connectivity index (χ1) is 13.4. The van der Waals surface area contributed by atoms with Crippen molar-refractivity contribution in [1.82, 2.24) is 9.55 Å². The van der Waals surface area contributed by atoms with Crippen molar-refractivity contribution >= 4 is 34.5 Å². The summed E-state index contributed by atoms with van der Waals surface area (Å²) in [5.41, 5.74) is 0.308. The van der Waals surface area contributed by atoms with E-state index in [4.69, 9.17) is 9.47 Å². The molecular weight excluding hydrogens is 481 g/mol. The topological polar surface area (TPSA) is 123 Å². The van der Waals surface area contributed by atoms with Crippen molar-refractivity contribution in [3.8, 4) is 0 Å². The van der Waals surface area contributed by atoms with Gasteiger partial charge in [0.15, 0.2) is 12.0 Å². The highest BCUT2D eigenvalue weighted by Gasteiger charge is 2.42. The summed E-state index contributed by atoms with van der Waals surface area (Å²) >= 11 is 1.89. The van der Waals surface area contributed by atoms with Gasteiger partial charge in [-0.1, -0.05) is 30.3 Å². The number of aromatic nitrogens is 2. The molecule has 1 amide bonds. The molecule has 1 aliphatic heterocycles. The first-order valence-electron chi connectivity index (χ1n) is 8.65. The minimum atomic E-state index is -1.26. The Balaban J connectivity index is 1.63. The van der Waals surface area contributed by atoms with Crippen LogP contribution in [-0.2, 0) is 15.9 Å². The van der Waals surface area contributed by atoms with E-state index in [1.54, 1.807) is 6.92 Å². The van der Waals surface area contributed by atoms with Crippen LogP contribution in [0.2, 0.25) is 0 Å². The molecule has 2 heterocycles. The summed E-state index contributed by atoms with van der Waals surface area (Å²) in [4.78, 5) is 28.1. The third-order valence-corrected chi connectivity index (χ3v) is 5.13. The third kappa shape index (κ3) is 4.69. The van der Waals surface area contributed by atoms with Crippen LogP contribution >= 0.6 is 22.6 Å². The van der Waals surface area contributed by atoms with Crippen LogP contribution < -0.4 is 11.0 Å². The minimum absolute atomic E-state index is 0.0487. The zero-order valence-electron chi connectivity index (χ0n) is 15.0. The molecule has 3 rings (SSSR count). The lowest BCUT2D eigenvalue weighted by Crippen LogP contribution is -2.36. The zero-order chi connectivity index (χ0) is 20.3. The lowest BCUT2D eigenvalue weighted by atomic mass is 10.1. The molecule has 0 saturated carbocycles. The van der Waals surface area contributed by atoms with E-state index in [0.29, 0.717) is 9.99 Å². The number of ether oxygens (including phenoxy) is 2. The lowest BCUT2D eigenvalue weighted by molar-refractivity contribution is -0.0351. The summed E-state index contributed by atoms with van der Waals surface area (Å²) in [5, 5.41) is 22.3. The molecule has 2 aromatic rings. The largest absolute Gasteiger partial charge is 0.449 e. The number of aliphatic hydroxyl groups excluding tert-OH is 2. The van der Waals surface area contributed by atoms with Gasteiger partial charge in [-0.05, 0) is 35.1 Å². The Morgan fingerprint density at radius 3 is 2.68 bits per heavy atom. The second kappa shape index (κ2) is 8.99. The fourth-order valence-corrected chi connectivity index (χ4v) is 3.37. The van der Waals surface area contributed by atoms with Gasteiger partial charge in [-0.2, -0.15) is 4.98 Å². The van der Waals surface area contributed by atoms with Crippen LogP contribution in [0.15, 0.2) is 41.3 Å². The Morgan fingerprint density at radius 1 is 1.32 bits per heavy atom. The number of rotatable bonds is 5. The van der Waals surface area contributed by atoms with E-state index in [1.165, 1.54) is 6.20 Å². The van der Waals surface area contributed by atoms with Crippen molar-refractivity contribution < 1.29 is 24.5 Å². The number of carbonyl (C=O) groups excluding carboxylic acids is 1.